The molecule has 0 unspecified atom stereocenters. The Bertz CT molecular complexity index is 434. The Morgan fingerprint density at radius 3 is 2.87 bits per heavy atom. The monoisotopic (exact) mass is 229 g/mol. The quantitative estimate of drug-likeness (QED) is 0.774. The minimum atomic E-state index is -3.11. The molecule has 1 aromatic rings. The summed E-state index contributed by atoms with van der Waals surface area (Å²) in [4.78, 5) is 0.286. The van der Waals surface area contributed by atoms with Crippen molar-refractivity contribution in [2.24, 2.45) is 0 Å². The molecule has 84 valence electrons. The van der Waals surface area contributed by atoms with Gasteiger partial charge in [0.05, 0.1) is 12.7 Å². The van der Waals surface area contributed by atoms with Crippen LogP contribution in [0.2, 0.25) is 0 Å². The first-order valence-electron chi connectivity index (χ1n) is 5.01. The molecule has 0 bridgehead atoms. The third kappa shape index (κ3) is 3.04. The second-order valence-electron chi connectivity index (χ2n) is 3.94. The molecule has 1 heterocycles. The maximum Gasteiger partial charge on any atom is 0.178 e. The predicted molar refractivity (Wildman–Crippen MR) is 56.4 cm³/mol. The summed E-state index contributed by atoms with van der Waals surface area (Å²) in [7, 11) is -3.11. The Morgan fingerprint density at radius 2 is 2.33 bits per heavy atom. The van der Waals surface area contributed by atoms with Crippen LogP contribution in [0.15, 0.2) is 17.3 Å². The molecule has 0 amide bonds. The normalized spacial score (nSPS) is 16.9. The number of aromatic nitrogens is 2. The molecule has 1 aliphatic rings. The summed E-state index contributed by atoms with van der Waals surface area (Å²) in [5, 5.41) is 7.34. The molecule has 1 fully saturated rings. The van der Waals surface area contributed by atoms with Gasteiger partial charge in [-0.25, -0.2) is 8.42 Å². The molecule has 1 aliphatic carbocycles. The van der Waals surface area contributed by atoms with Crippen molar-refractivity contribution in [2.75, 3.05) is 12.8 Å². The van der Waals surface area contributed by atoms with Crippen LogP contribution in [0.25, 0.3) is 0 Å². The summed E-state index contributed by atoms with van der Waals surface area (Å²) in [6.07, 6.45) is 6.68. The zero-order valence-corrected chi connectivity index (χ0v) is 9.50. The van der Waals surface area contributed by atoms with E-state index in [9.17, 15) is 8.42 Å². The van der Waals surface area contributed by atoms with E-state index in [-0.39, 0.29) is 4.90 Å². The molecule has 6 heteroatoms. The zero-order valence-electron chi connectivity index (χ0n) is 8.68. The van der Waals surface area contributed by atoms with Crippen LogP contribution in [0.3, 0.4) is 0 Å². The van der Waals surface area contributed by atoms with Gasteiger partial charge in [0, 0.05) is 25.0 Å². The third-order valence-corrected chi connectivity index (χ3v) is 3.46. The van der Waals surface area contributed by atoms with Gasteiger partial charge in [0.1, 0.15) is 4.90 Å². The van der Waals surface area contributed by atoms with Crippen molar-refractivity contribution >= 4 is 9.84 Å². The molecule has 0 aromatic carbocycles. The van der Waals surface area contributed by atoms with Crippen LogP contribution in [0, 0.1) is 0 Å². The fourth-order valence-corrected chi connectivity index (χ4v) is 1.88. The highest BCUT2D eigenvalue weighted by atomic mass is 32.2. The number of nitrogens with zero attached hydrogens (tertiary/aromatic N) is 2. The van der Waals surface area contributed by atoms with Crippen LogP contribution >= 0.6 is 0 Å². The van der Waals surface area contributed by atoms with Crippen LogP contribution < -0.4 is 5.32 Å². The zero-order chi connectivity index (χ0) is 10.9. The Balaban J connectivity index is 1.88. The molecule has 1 aromatic heterocycles. The molecular formula is C9H15N3O2S. The van der Waals surface area contributed by atoms with Crippen molar-refractivity contribution in [1.82, 2.24) is 15.1 Å². The van der Waals surface area contributed by atoms with Crippen molar-refractivity contribution < 1.29 is 8.42 Å². The van der Waals surface area contributed by atoms with E-state index in [1.165, 1.54) is 25.3 Å². The standard InChI is InChI=1S/C9H15N3O2S/c1-15(13,14)9-6-11-12(7-9)5-4-10-8-2-3-8/h6-8,10H,2-5H2,1H3. The van der Waals surface area contributed by atoms with E-state index in [4.69, 9.17) is 0 Å². The van der Waals surface area contributed by atoms with Gasteiger partial charge in [-0.05, 0) is 12.8 Å². The summed E-state index contributed by atoms with van der Waals surface area (Å²) >= 11 is 0. The van der Waals surface area contributed by atoms with Crippen LogP contribution in [-0.2, 0) is 16.4 Å². The van der Waals surface area contributed by atoms with E-state index in [2.05, 4.69) is 10.4 Å². The SMILES string of the molecule is CS(=O)(=O)c1cnn(CCNC2CC2)c1. The fourth-order valence-electron chi connectivity index (χ4n) is 1.33. The number of sulfone groups is 1. The van der Waals surface area contributed by atoms with E-state index in [0.717, 1.165) is 6.54 Å². The van der Waals surface area contributed by atoms with Gasteiger partial charge < -0.3 is 5.32 Å². The molecule has 0 saturated heterocycles. The van der Waals surface area contributed by atoms with Gasteiger partial charge in [-0.2, -0.15) is 5.10 Å². The lowest BCUT2D eigenvalue weighted by Gasteiger charge is -2.02. The molecule has 0 radical (unpaired) electrons. The average Bonchev–Trinajstić information content (AvgIpc) is 2.80. The molecule has 0 aliphatic heterocycles. The lowest BCUT2D eigenvalue weighted by atomic mass is 10.6. The van der Waals surface area contributed by atoms with Gasteiger partial charge >= 0.3 is 0 Å². The summed E-state index contributed by atoms with van der Waals surface area (Å²) in [5.41, 5.74) is 0. The molecule has 0 spiro atoms. The highest BCUT2D eigenvalue weighted by Crippen LogP contribution is 2.18. The van der Waals surface area contributed by atoms with Crippen LogP contribution in [0.4, 0.5) is 0 Å². The number of hydrogen-bond donors (Lipinski definition) is 1. The van der Waals surface area contributed by atoms with Crippen LogP contribution in [0.5, 0.6) is 0 Å². The van der Waals surface area contributed by atoms with Gasteiger partial charge in [-0.3, -0.25) is 4.68 Å². The summed E-state index contributed by atoms with van der Waals surface area (Å²) < 4.78 is 24.0. The Labute approximate surface area is 89.4 Å². The largest absolute Gasteiger partial charge is 0.312 e. The van der Waals surface area contributed by atoms with E-state index in [1.54, 1.807) is 10.9 Å². The lowest BCUT2D eigenvalue weighted by molar-refractivity contribution is 0.552. The topological polar surface area (TPSA) is 64.0 Å². The smallest absolute Gasteiger partial charge is 0.178 e. The van der Waals surface area contributed by atoms with Crippen molar-refractivity contribution in [2.45, 2.75) is 30.3 Å². The van der Waals surface area contributed by atoms with Crippen molar-refractivity contribution in [3.63, 3.8) is 0 Å². The second kappa shape index (κ2) is 3.94. The first-order chi connectivity index (χ1) is 7.05. The highest BCUT2D eigenvalue weighted by Gasteiger charge is 2.19. The maximum atomic E-state index is 11.2. The Hall–Kier alpha value is -0.880. The van der Waals surface area contributed by atoms with E-state index in [0.29, 0.717) is 12.6 Å². The number of rotatable bonds is 5. The van der Waals surface area contributed by atoms with E-state index in [1.807, 2.05) is 0 Å². The Morgan fingerprint density at radius 1 is 1.60 bits per heavy atom. The number of nitrogens with one attached hydrogen (secondary N) is 1. The van der Waals surface area contributed by atoms with Gasteiger partial charge in [-0.1, -0.05) is 0 Å². The van der Waals surface area contributed by atoms with E-state index >= 15 is 0 Å². The minimum Gasteiger partial charge on any atom is -0.312 e. The van der Waals surface area contributed by atoms with Gasteiger partial charge in [-0.15, -0.1) is 0 Å². The summed E-state index contributed by atoms with van der Waals surface area (Å²) in [6.45, 7) is 1.56. The van der Waals surface area contributed by atoms with Gasteiger partial charge in [0.15, 0.2) is 9.84 Å². The van der Waals surface area contributed by atoms with Crippen molar-refractivity contribution in [3.05, 3.63) is 12.4 Å². The molecule has 5 nitrogen and oxygen atoms in total. The minimum absolute atomic E-state index is 0.286. The van der Waals surface area contributed by atoms with E-state index < -0.39 is 9.84 Å². The van der Waals surface area contributed by atoms with Crippen molar-refractivity contribution in [1.29, 1.82) is 0 Å². The molecule has 15 heavy (non-hydrogen) atoms. The lowest BCUT2D eigenvalue weighted by Crippen LogP contribution is -2.21. The molecule has 2 rings (SSSR count). The van der Waals surface area contributed by atoms with Gasteiger partial charge in [0.2, 0.25) is 0 Å². The van der Waals surface area contributed by atoms with Crippen LogP contribution in [-0.4, -0.2) is 37.0 Å². The van der Waals surface area contributed by atoms with Crippen molar-refractivity contribution in [3.8, 4) is 0 Å². The molecule has 1 N–H and O–H groups in total. The molecule has 1 saturated carbocycles. The second-order valence-corrected chi connectivity index (χ2v) is 5.96. The first-order valence-corrected chi connectivity index (χ1v) is 6.91. The van der Waals surface area contributed by atoms with Gasteiger partial charge in [0.25, 0.3) is 0 Å². The first kappa shape index (κ1) is 10.6. The Kier molecular flexibility index (Phi) is 2.79. The number of hydrogen-bond acceptors (Lipinski definition) is 4. The summed E-state index contributed by atoms with van der Waals surface area (Å²) in [5.74, 6) is 0. The van der Waals surface area contributed by atoms with Crippen LogP contribution in [0.1, 0.15) is 12.8 Å². The highest BCUT2D eigenvalue weighted by molar-refractivity contribution is 7.90. The average molecular weight is 229 g/mol. The predicted octanol–water partition coefficient (Wildman–Crippen LogP) is 0.0386. The maximum absolute atomic E-state index is 11.2. The summed E-state index contributed by atoms with van der Waals surface area (Å²) in [6, 6.07) is 0.676. The fraction of sp³-hybridized carbons (Fsp3) is 0.667. The molecular weight excluding hydrogens is 214 g/mol. The third-order valence-electron chi connectivity index (χ3n) is 2.39. The molecule has 0 atom stereocenters.